The predicted octanol–water partition coefficient (Wildman–Crippen LogP) is 5.22. The van der Waals surface area contributed by atoms with Crippen molar-refractivity contribution >= 4 is 6.29 Å². The highest BCUT2D eigenvalue weighted by molar-refractivity contribution is 5.80. The number of methoxy groups -OCH3 is 1. The molecule has 0 amide bonds. The summed E-state index contributed by atoms with van der Waals surface area (Å²) in [4.78, 5) is 11.1. The van der Waals surface area contributed by atoms with Crippen molar-refractivity contribution in [2.75, 3.05) is 7.04 Å². The van der Waals surface area contributed by atoms with E-state index in [2.05, 4.69) is 9.47 Å². The van der Waals surface area contributed by atoms with Crippen LogP contribution < -0.4 is 14.2 Å². The molecule has 0 saturated carbocycles. The van der Waals surface area contributed by atoms with Gasteiger partial charge in [-0.1, -0.05) is 0 Å². The molecule has 2 rings (SSSR count). The molecule has 0 atom stereocenters. The molecule has 4 nitrogen and oxygen atoms in total. The molecule has 10 heteroatoms. The van der Waals surface area contributed by atoms with Crippen LogP contribution >= 0.6 is 0 Å². The quantitative estimate of drug-likeness (QED) is 0.525. The number of hydrogen-bond donors (Lipinski definition) is 0. The summed E-state index contributed by atoms with van der Waals surface area (Å²) in [6.45, 7) is 0. The molecule has 0 radical (unpaired) electrons. The maximum Gasteiger partial charge on any atom is 0.573 e. The zero-order chi connectivity index (χ0) is 22.0. The van der Waals surface area contributed by atoms with Crippen LogP contribution in [0.1, 0.15) is 20.0 Å². The Bertz CT molecular complexity index is 894. The maximum absolute atomic E-state index is 12.7. The van der Waals surface area contributed by atoms with Crippen molar-refractivity contribution < 1.29 is 49.5 Å². The molecular formula is C16H10F6O4. The van der Waals surface area contributed by atoms with E-state index in [4.69, 9.17) is 8.85 Å². The van der Waals surface area contributed by atoms with Gasteiger partial charge in [0.15, 0.2) is 17.8 Å². The number of hydrogen-bond acceptors (Lipinski definition) is 4. The topological polar surface area (TPSA) is 44.8 Å². The third-order valence-corrected chi connectivity index (χ3v) is 2.94. The molecule has 0 aliphatic carbocycles. The van der Waals surface area contributed by atoms with E-state index in [0.717, 1.165) is 18.2 Å². The van der Waals surface area contributed by atoms with Crippen LogP contribution in [-0.4, -0.2) is 19.7 Å². The molecular weight excluding hydrogens is 370 g/mol. The van der Waals surface area contributed by atoms with Gasteiger partial charge in [-0.2, -0.15) is 13.2 Å². The molecule has 2 aromatic rings. The van der Waals surface area contributed by atoms with Gasteiger partial charge in [0.05, 0.1) is 22.3 Å². The van der Waals surface area contributed by atoms with E-state index in [9.17, 15) is 31.1 Å². The van der Waals surface area contributed by atoms with Gasteiger partial charge in [0.1, 0.15) is 11.5 Å². The SMILES string of the molecule is [2H]C([2H])([2H])Oc1cc(OC(F)(F)F)ccc1Oc1ccc(C(F)(F)F)cc1C=O. The summed E-state index contributed by atoms with van der Waals surface area (Å²) in [6.07, 6.45) is -9.74. The van der Waals surface area contributed by atoms with E-state index in [1.165, 1.54) is 0 Å². The number of halogens is 6. The number of rotatable bonds is 5. The van der Waals surface area contributed by atoms with Crippen LogP contribution in [0.4, 0.5) is 26.3 Å². The minimum absolute atomic E-state index is 0.0655. The van der Waals surface area contributed by atoms with Crippen molar-refractivity contribution in [2.24, 2.45) is 0 Å². The zero-order valence-corrected chi connectivity index (χ0v) is 12.4. The largest absolute Gasteiger partial charge is 0.573 e. The first-order chi connectivity index (χ1) is 13.2. The van der Waals surface area contributed by atoms with Gasteiger partial charge >= 0.3 is 12.5 Å². The summed E-state index contributed by atoms with van der Waals surface area (Å²) >= 11 is 0. The third kappa shape index (κ3) is 4.80. The number of carbonyl (C=O) groups excluding carboxylic acids is 1. The summed E-state index contributed by atoms with van der Waals surface area (Å²) in [5, 5.41) is 0. The van der Waals surface area contributed by atoms with Crippen molar-refractivity contribution in [1.29, 1.82) is 0 Å². The fourth-order valence-electron chi connectivity index (χ4n) is 1.88. The zero-order valence-electron chi connectivity index (χ0n) is 15.4. The highest BCUT2D eigenvalue weighted by atomic mass is 19.4. The molecule has 0 aliphatic heterocycles. The van der Waals surface area contributed by atoms with Crippen LogP contribution in [0.5, 0.6) is 23.0 Å². The molecule has 0 N–H and O–H groups in total. The summed E-state index contributed by atoms with van der Waals surface area (Å²) in [5.74, 6) is -2.43. The molecule has 0 bridgehead atoms. The van der Waals surface area contributed by atoms with Gasteiger partial charge in [-0.25, -0.2) is 0 Å². The van der Waals surface area contributed by atoms with Crippen LogP contribution in [0.15, 0.2) is 36.4 Å². The molecule has 0 fully saturated rings. The van der Waals surface area contributed by atoms with E-state index in [1.54, 1.807) is 0 Å². The van der Waals surface area contributed by atoms with Crippen molar-refractivity contribution in [3.63, 3.8) is 0 Å². The normalized spacial score (nSPS) is 14.0. The standard InChI is InChI=1S/C16H10F6O4/c1-24-14-7-11(26-16(20,21)22)3-5-13(14)25-12-4-2-10(15(17,18)19)6-9(12)8-23/h2-8H,1H3/i1D3. The molecule has 140 valence electrons. The van der Waals surface area contributed by atoms with Crippen LogP contribution in [0.2, 0.25) is 0 Å². The monoisotopic (exact) mass is 383 g/mol. The molecule has 2 aromatic carbocycles. The van der Waals surface area contributed by atoms with Gasteiger partial charge in [-0.05, 0) is 30.3 Å². The van der Waals surface area contributed by atoms with Crippen LogP contribution in [-0.2, 0) is 6.18 Å². The molecule has 0 aliphatic rings. The molecule has 0 saturated heterocycles. The van der Waals surface area contributed by atoms with Crippen LogP contribution in [0, 0.1) is 0 Å². The molecule has 0 spiro atoms. The van der Waals surface area contributed by atoms with Crippen LogP contribution in [0.25, 0.3) is 0 Å². The Hall–Kier alpha value is -2.91. The second kappa shape index (κ2) is 7.14. The summed E-state index contributed by atoms with van der Waals surface area (Å²) < 4.78 is 110. The summed E-state index contributed by atoms with van der Waals surface area (Å²) in [6, 6.07) is 4.07. The van der Waals surface area contributed by atoms with Gasteiger partial charge in [0.2, 0.25) is 0 Å². The highest BCUT2D eigenvalue weighted by Gasteiger charge is 2.32. The number of aldehydes is 1. The van der Waals surface area contributed by atoms with Crippen molar-refractivity contribution in [3.05, 3.63) is 47.5 Å². The fraction of sp³-hybridized carbons (Fsp3) is 0.188. The highest BCUT2D eigenvalue weighted by Crippen LogP contribution is 2.38. The number of carbonyl (C=O) groups is 1. The molecule has 26 heavy (non-hydrogen) atoms. The fourth-order valence-corrected chi connectivity index (χ4v) is 1.88. The lowest BCUT2D eigenvalue weighted by Crippen LogP contribution is -2.17. The Morgan fingerprint density at radius 3 is 2.23 bits per heavy atom. The second-order valence-corrected chi connectivity index (χ2v) is 4.73. The van der Waals surface area contributed by atoms with E-state index in [-0.39, 0.29) is 6.29 Å². The van der Waals surface area contributed by atoms with E-state index < -0.39 is 53.7 Å². The number of ether oxygens (including phenoxy) is 3. The Kier molecular flexibility index (Phi) is 4.22. The first kappa shape index (κ1) is 15.4. The molecule has 0 aromatic heterocycles. The summed E-state index contributed by atoms with van der Waals surface area (Å²) in [7, 11) is -3.09. The Balaban J connectivity index is 2.44. The Morgan fingerprint density at radius 1 is 0.962 bits per heavy atom. The lowest BCUT2D eigenvalue weighted by atomic mass is 10.1. The van der Waals surface area contributed by atoms with Gasteiger partial charge < -0.3 is 14.2 Å². The molecule has 0 unspecified atom stereocenters. The van der Waals surface area contributed by atoms with Gasteiger partial charge in [0.25, 0.3) is 0 Å². The second-order valence-electron chi connectivity index (χ2n) is 4.73. The van der Waals surface area contributed by atoms with Gasteiger partial charge in [-0.3, -0.25) is 4.79 Å². The van der Waals surface area contributed by atoms with E-state index >= 15 is 0 Å². The average Bonchev–Trinajstić information content (AvgIpc) is 2.53. The first-order valence-corrected chi connectivity index (χ1v) is 6.61. The minimum atomic E-state index is -5.07. The predicted molar refractivity (Wildman–Crippen MR) is 76.6 cm³/mol. The van der Waals surface area contributed by atoms with E-state index in [0.29, 0.717) is 18.2 Å². The lowest BCUT2D eigenvalue weighted by Gasteiger charge is -2.15. The minimum Gasteiger partial charge on any atom is -0.493 e. The Morgan fingerprint density at radius 2 is 1.65 bits per heavy atom. The van der Waals surface area contributed by atoms with Crippen molar-refractivity contribution in [1.82, 2.24) is 0 Å². The van der Waals surface area contributed by atoms with Crippen molar-refractivity contribution in [3.8, 4) is 23.0 Å². The number of alkyl halides is 6. The Labute approximate surface area is 147 Å². The van der Waals surface area contributed by atoms with Crippen LogP contribution in [0.3, 0.4) is 0 Å². The number of benzene rings is 2. The van der Waals surface area contributed by atoms with Crippen molar-refractivity contribution in [2.45, 2.75) is 12.5 Å². The average molecular weight is 383 g/mol. The summed E-state index contributed by atoms with van der Waals surface area (Å²) in [5.41, 5.74) is -1.67. The first-order valence-electron chi connectivity index (χ1n) is 8.11. The maximum atomic E-state index is 12.7. The third-order valence-electron chi connectivity index (χ3n) is 2.94. The smallest absolute Gasteiger partial charge is 0.493 e. The molecule has 0 heterocycles. The lowest BCUT2D eigenvalue weighted by molar-refractivity contribution is -0.274. The van der Waals surface area contributed by atoms with Gasteiger partial charge in [0, 0.05) is 6.07 Å². The van der Waals surface area contributed by atoms with Gasteiger partial charge in [-0.15, -0.1) is 13.2 Å². The van der Waals surface area contributed by atoms with E-state index in [1.807, 2.05) is 0 Å².